The molecule has 84 valence electrons. The average Bonchev–Trinajstić information content (AvgIpc) is 2.72. The predicted molar refractivity (Wildman–Crippen MR) is 53.8 cm³/mol. The summed E-state index contributed by atoms with van der Waals surface area (Å²) < 4.78 is 25.9. The van der Waals surface area contributed by atoms with Crippen LogP contribution < -0.4 is 4.90 Å². The van der Waals surface area contributed by atoms with Crippen LogP contribution in [-0.2, 0) is 0 Å². The summed E-state index contributed by atoms with van der Waals surface area (Å²) in [5, 5.41) is 0. The van der Waals surface area contributed by atoms with Gasteiger partial charge < -0.3 is 4.90 Å². The molecule has 3 rings (SSSR count). The van der Waals surface area contributed by atoms with Crippen molar-refractivity contribution in [3.63, 3.8) is 0 Å². The molecule has 0 N–H and O–H groups in total. The van der Waals surface area contributed by atoms with Gasteiger partial charge in [0, 0.05) is 13.1 Å². The quantitative estimate of drug-likeness (QED) is 0.715. The molecule has 0 amide bonds. The van der Waals surface area contributed by atoms with Crippen LogP contribution >= 0.6 is 0 Å². The molecule has 16 heavy (non-hydrogen) atoms. The van der Waals surface area contributed by atoms with Gasteiger partial charge in [0.25, 0.3) is 5.92 Å². The van der Waals surface area contributed by atoms with Crippen LogP contribution in [0.15, 0.2) is 18.3 Å². The first-order valence-electron chi connectivity index (χ1n) is 5.17. The molecule has 2 aliphatic rings. The number of fused-ring (bicyclic) bond motifs is 1. The summed E-state index contributed by atoms with van der Waals surface area (Å²) in [7, 11) is 0. The normalized spacial score (nSPS) is 30.0. The van der Waals surface area contributed by atoms with Crippen LogP contribution in [0.3, 0.4) is 0 Å². The maximum Gasteiger partial charge on any atom is 0.258 e. The Morgan fingerprint density at radius 2 is 2.06 bits per heavy atom. The molecule has 1 aliphatic heterocycles. The van der Waals surface area contributed by atoms with Gasteiger partial charge in [0.05, 0.1) is 23.7 Å². The molecular weight excluding hydrogens is 214 g/mol. The van der Waals surface area contributed by atoms with Crippen LogP contribution in [0.1, 0.15) is 10.5 Å². The number of piperidine rings is 1. The highest BCUT2D eigenvalue weighted by Gasteiger charge is 2.71. The topological polar surface area (TPSA) is 33.2 Å². The van der Waals surface area contributed by atoms with E-state index in [1.807, 2.05) is 4.90 Å². The molecule has 2 heterocycles. The zero-order chi connectivity index (χ0) is 11.3. The van der Waals surface area contributed by atoms with E-state index in [2.05, 4.69) is 4.98 Å². The first-order valence-corrected chi connectivity index (χ1v) is 5.17. The monoisotopic (exact) mass is 224 g/mol. The van der Waals surface area contributed by atoms with Crippen molar-refractivity contribution in [2.24, 2.45) is 11.8 Å². The Labute approximate surface area is 91.1 Å². The van der Waals surface area contributed by atoms with Crippen molar-refractivity contribution in [3.8, 4) is 0 Å². The summed E-state index contributed by atoms with van der Waals surface area (Å²) >= 11 is 0. The van der Waals surface area contributed by atoms with E-state index in [4.69, 9.17) is 0 Å². The molecule has 1 aromatic heterocycles. The van der Waals surface area contributed by atoms with E-state index in [1.54, 1.807) is 18.3 Å². The largest absolute Gasteiger partial charge is 0.369 e. The van der Waals surface area contributed by atoms with Crippen molar-refractivity contribution in [2.45, 2.75) is 5.92 Å². The van der Waals surface area contributed by atoms with Gasteiger partial charge in [-0.2, -0.15) is 0 Å². The summed E-state index contributed by atoms with van der Waals surface area (Å²) in [4.78, 5) is 16.2. The first kappa shape index (κ1) is 9.69. The van der Waals surface area contributed by atoms with E-state index >= 15 is 0 Å². The van der Waals surface area contributed by atoms with Crippen molar-refractivity contribution in [3.05, 3.63) is 24.0 Å². The highest BCUT2D eigenvalue weighted by molar-refractivity contribution is 5.72. The number of hydrogen-bond donors (Lipinski definition) is 0. The number of rotatable bonds is 2. The fourth-order valence-electron chi connectivity index (χ4n) is 2.37. The van der Waals surface area contributed by atoms with E-state index in [1.165, 1.54) is 0 Å². The van der Waals surface area contributed by atoms with Gasteiger partial charge in [-0.05, 0) is 12.1 Å². The molecule has 2 unspecified atom stereocenters. The van der Waals surface area contributed by atoms with Crippen LogP contribution in [-0.4, -0.2) is 30.3 Å². The van der Waals surface area contributed by atoms with Gasteiger partial charge in [-0.25, -0.2) is 8.78 Å². The van der Waals surface area contributed by atoms with Crippen molar-refractivity contribution in [1.29, 1.82) is 0 Å². The Kier molecular flexibility index (Phi) is 1.81. The third kappa shape index (κ3) is 1.24. The standard InChI is InChI=1S/C11H10F2N2O/c12-11(13)9-4-15(5-10(9)11)8-2-1-7(6-16)14-3-8/h1-3,6,9-10H,4-5H2. The summed E-state index contributed by atoms with van der Waals surface area (Å²) in [6.45, 7) is 0.777. The van der Waals surface area contributed by atoms with Gasteiger partial charge in [-0.3, -0.25) is 9.78 Å². The summed E-state index contributed by atoms with van der Waals surface area (Å²) in [6.07, 6.45) is 2.23. The predicted octanol–water partition coefficient (Wildman–Crippen LogP) is 1.60. The number of nitrogens with zero attached hydrogens (tertiary/aromatic N) is 2. The van der Waals surface area contributed by atoms with Crippen LogP contribution in [0.5, 0.6) is 0 Å². The molecule has 0 bridgehead atoms. The molecule has 1 aromatic rings. The maximum absolute atomic E-state index is 13.0. The molecule has 0 aromatic carbocycles. The number of pyridine rings is 1. The van der Waals surface area contributed by atoms with Crippen molar-refractivity contribution < 1.29 is 13.6 Å². The molecule has 1 saturated carbocycles. The molecule has 0 radical (unpaired) electrons. The lowest BCUT2D eigenvalue weighted by atomic mass is 10.3. The fraction of sp³-hybridized carbons (Fsp3) is 0.455. The van der Waals surface area contributed by atoms with E-state index in [0.29, 0.717) is 25.1 Å². The second kappa shape index (κ2) is 2.99. The SMILES string of the molecule is O=Cc1ccc(N2CC3C(C2)C3(F)F)cn1. The Balaban J connectivity index is 1.74. The minimum Gasteiger partial charge on any atom is -0.369 e. The third-order valence-electron chi connectivity index (χ3n) is 3.46. The highest BCUT2D eigenvalue weighted by Crippen LogP contribution is 2.59. The van der Waals surface area contributed by atoms with E-state index in [9.17, 15) is 13.6 Å². The van der Waals surface area contributed by atoms with Gasteiger partial charge in [0.2, 0.25) is 0 Å². The van der Waals surface area contributed by atoms with Crippen LogP contribution in [0.2, 0.25) is 0 Å². The zero-order valence-electron chi connectivity index (χ0n) is 8.44. The number of anilines is 1. The lowest BCUT2D eigenvalue weighted by molar-refractivity contribution is 0.0797. The number of halogens is 2. The highest BCUT2D eigenvalue weighted by atomic mass is 19.3. The number of carbonyl (C=O) groups excluding carboxylic acids is 1. The molecule has 0 spiro atoms. The van der Waals surface area contributed by atoms with Gasteiger partial charge in [-0.15, -0.1) is 0 Å². The minimum absolute atomic E-state index is 0.360. The number of hydrogen-bond acceptors (Lipinski definition) is 3. The van der Waals surface area contributed by atoms with Gasteiger partial charge in [-0.1, -0.05) is 0 Å². The lowest BCUT2D eigenvalue weighted by Gasteiger charge is -2.21. The maximum atomic E-state index is 13.0. The minimum atomic E-state index is -2.45. The molecule has 1 saturated heterocycles. The van der Waals surface area contributed by atoms with E-state index < -0.39 is 17.8 Å². The Morgan fingerprint density at radius 3 is 2.56 bits per heavy atom. The van der Waals surface area contributed by atoms with Crippen LogP contribution in [0.25, 0.3) is 0 Å². The molecule has 3 nitrogen and oxygen atoms in total. The van der Waals surface area contributed by atoms with E-state index in [0.717, 1.165) is 5.69 Å². The average molecular weight is 224 g/mol. The van der Waals surface area contributed by atoms with Crippen molar-refractivity contribution in [2.75, 3.05) is 18.0 Å². The third-order valence-corrected chi connectivity index (χ3v) is 3.46. The van der Waals surface area contributed by atoms with E-state index in [-0.39, 0.29) is 0 Å². The first-order chi connectivity index (χ1) is 7.63. The van der Waals surface area contributed by atoms with Crippen molar-refractivity contribution >= 4 is 12.0 Å². The lowest BCUT2D eigenvalue weighted by Crippen LogP contribution is -2.27. The molecule has 1 aliphatic carbocycles. The van der Waals surface area contributed by atoms with Crippen molar-refractivity contribution in [1.82, 2.24) is 4.98 Å². The van der Waals surface area contributed by atoms with Gasteiger partial charge in [0.15, 0.2) is 6.29 Å². The molecule has 2 atom stereocenters. The summed E-state index contributed by atoms with van der Waals surface area (Å²) in [5.74, 6) is -3.43. The van der Waals surface area contributed by atoms with Gasteiger partial charge >= 0.3 is 0 Å². The molecule has 2 fully saturated rings. The van der Waals surface area contributed by atoms with Crippen LogP contribution in [0.4, 0.5) is 14.5 Å². The number of aromatic nitrogens is 1. The number of alkyl halides is 2. The molecular formula is C11H10F2N2O. The second-order valence-electron chi connectivity index (χ2n) is 4.35. The Morgan fingerprint density at radius 1 is 1.38 bits per heavy atom. The Bertz CT molecular complexity index is 418. The number of carbonyl (C=O) groups is 1. The zero-order valence-corrected chi connectivity index (χ0v) is 8.44. The smallest absolute Gasteiger partial charge is 0.258 e. The summed E-state index contributed by atoms with van der Waals surface area (Å²) in [5.41, 5.74) is 1.17. The van der Waals surface area contributed by atoms with Crippen LogP contribution in [0, 0.1) is 11.8 Å². The fourth-order valence-corrected chi connectivity index (χ4v) is 2.37. The number of aldehydes is 1. The second-order valence-corrected chi connectivity index (χ2v) is 4.35. The van der Waals surface area contributed by atoms with Gasteiger partial charge in [0.1, 0.15) is 5.69 Å². The summed E-state index contributed by atoms with van der Waals surface area (Å²) in [6, 6.07) is 3.35. The Hall–Kier alpha value is -1.52. The molecule has 5 heteroatoms.